The summed E-state index contributed by atoms with van der Waals surface area (Å²) in [7, 11) is 0. The Hall–Kier alpha value is -2.29. The molecular weight excluding hydrogens is 248 g/mol. The van der Waals surface area contributed by atoms with Crippen LogP contribution in [0, 0.1) is 6.92 Å². The Labute approximate surface area is 119 Å². The van der Waals surface area contributed by atoms with Gasteiger partial charge in [0.25, 0.3) is 0 Å². The van der Waals surface area contributed by atoms with Crippen LogP contribution in [0.3, 0.4) is 0 Å². The number of nitrogens with one attached hydrogen (secondary N) is 1. The van der Waals surface area contributed by atoms with Gasteiger partial charge in [0.1, 0.15) is 0 Å². The van der Waals surface area contributed by atoms with E-state index in [9.17, 15) is 4.79 Å². The van der Waals surface area contributed by atoms with E-state index < -0.39 is 0 Å². The predicted molar refractivity (Wildman–Crippen MR) is 83.7 cm³/mol. The lowest BCUT2D eigenvalue weighted by atomic mass is 10.0. The topological polar surface area (TPSA) is 55.1 Å². The maximum Gasteiger partial charge on any atom is 0.228 e. The van der Waals surface area contributed by atoms with E-state index in [-0.39, 0.29) is 5.91 Å². The van der Waals surface area contributed by atoms with E-state index >= 15 is 0 Å². The number of hydrogen-bond acceptors (Lipinski definition) is 2. The number of carbonyl (C=O) groups is 1. The van der Waals surface area contributed by atoms with Crippen LogP contribution in [0.1, 0.15) is 23.6 Å². The van der Waals surface area contributed by atoms with E-state index in [2.05, 4.69) is 12.2 Å². The molecule has 104 valence electrons. The average molecular weight is 268 g/mol. The van der Waals surface area contributed by atoms with Crippen LogP contribution >= 0.6 is 0 Å². The molecule has 3 nitrogen and oxygen atoms in total. The molecule has 0 unspecified atom stereocenters. The summed E-state index contributed by atoms with van der Waals surface area (Å²) in [6, 6.07) is 13.5. The molecule has 2 aromatic carbocycles. The highest BCUT2D eigenvalue weighted by molar-refractivity contribution is 5.94. The molecule has 2 aromatic rings. The van der Waals surface area contributed by atoms with E-state index in [1.54, 1.807) is 0 Å². The van der Waals surface area contributed by atoms with Crippen LogP contribution in [0.4, 0.5) is 11.4 Å². The fourth-order valence-electron chi connectivity index (χ4n) is 2.25. The molecule has 0 radical (unpaired) electrons. The molecule has 0 saturated heterocycles. The number of nitrogen functional groups attached to an aromatic ring is 1. The first kappa shape index (κ1) is 14.1. The van der Waals surface area contributed by atoms with Crippen LogP contribution in [-0.4, -0.2) is 5.91 Å². The van der Waals surface area contributed by atoms with Crippen molar-refractivity contribution in [2.75, 3.05) is 11.1 Å². The molecule has 0 spiro atoms. The Morgan fingerprint density at radius 1 is 1.10 bits per heavy atom. The van der Waals surface area contributed by atoms with E-state index in [0.29, 0.717) is 12.1 Å². The third kappa shape index (κ3) is 3.18. The molecule has 0 fully saturated rings. The van der Waals surface area contributed by atoms with Crippen LogP contribution in [0.15, 0.2) is 42.5 Å². The van der Waals surface area contributed by atoms with Gasteiger partial charge >= 0.3 is 0 Å². The van der Waals surface area contributed by atoms with Gasteiger partial charge in [-0.05, 0) is 36.1 Å². The van der Waals surface area contributed by atoms with Crippen LogP contribution in [0.2, 0.25) is 0 Å². The van der Waals surface area contributed by atoms with Crippen LogP contribution in [0.5, 0.6) is 0 Å². The minimum absolute atomic E-state index is 0.0353. The molecule has 0 aliphatic carbocycles. The molecule has 3 N–H and O–H groups in total. The highest BCUT2D eigenvalue weighted by atomic mass is 16.1. The molecule has 2 rings (SSSR count). The van der Waals surface area contributed by atoms with Gasteiger partial charge in [-0.2, -0.15) is 0 Å². The molecular formula is C17H20N2O. The largest absolute Gasteiger partial charge is 0.398 e. The van der Waals surface area contributed by atoms with Crippen molar-refractivity contribution >= 4 is 17.3 Å². The molecule has 0 aliphatic rings. The van der Waals surface area contributed by atoms with Gasteiger partial charge in [0, 0.05) is 11.4 Å². The Kier molecular flexibility index (Phi) is 4.41. The monoisotopic (exact) mass is 268 g/mol. The van der Waals surface area contributed by atoms with Crippen molar-refractivity contribution < 1.29 is 4.79 Å². The minimum atomic E-state index is -0.0353. The average Bonchev–Trinajstić information content (AvgIpc) is 2.43. The third-order valence-corrected chi connectivity index (χ3v) is 3.41. The summed E-state index contributed by atoms with van der Waals surface area (Å²) in [5, 5.41) is 3.01. The molecule has 20 heavy (non-hydrogen) atoms. The van der Waals surface area contributed by atoms with Crippen LogP contribution in [0.25, 0.3) is 0 Å². The smallest absolute Gasteiger partial charge is 0.228 e. The van der Waals surface area contributed by atoms with Gasteiger partial charge in [-0.3, -0.25) is 4.79 Å². The molecule has 0 atom stereocenters. The van der Waals surface area contributed by atoms with Gasteiger partial charge in [-0.1, -0.05) is 43.3 Å². The lowest BCUT2D eigenvalue weighted by molar-refractivity contribution is -0.115. The Bertz CT molecular complexity index is 620. The van der Waals surface area contributed by atoms with Gasteiger partial charge in [-0.25, -0.2) is 0 Å². The highest BCUT2D eigenvalue weighted by Gasteiger charge is 2.10. The van der Waals surface area contributed by atoms with Gasteiger partial charge in [0.15, 0.2) is 0 Å². The summed E-state index contributed by atoms with van der Waals surface area (Å²) < 4.78 is 0. The van der Waals surface area contributed by atoms with Gasteiger partial charge in [0.05, 0.1) is 6.42 Å². The fourth-order valence-corrected chi connectivity index (χ4v) is 2.25. The highest BCUT2D eigenvalue weighted by Crippen LogP contribution is 2.21. The van der Waals surface area contributed by atoms with Gasteiger partial charge in [0.2, 0.25) is 5.91 Å². The summed E-state index contributed by atoms with van der Waals surface area (Å²) in [5.74, 6) is -0.0353. The molecule has 0 heterocycles. The molecule has 0 saturated carbocycles. The van der Waals surface area contributed by atoms with Crippen molar-refractivity contribution in [3.05, 3.63) is 59.2 Å². The second-order valence-electron chi connectivity index (χ2n) is 4.89. The maximum atomic E-state index is 12.2. The molecule has 1 amide bonds. The van der Waals surface area contributed by atoms with Crippen molar-refractivity contribution in [1.29, 1.82) is 0 Å². The summed E-state index contributed by atoms with van der Waals surface area (Å²) in [6.07, 6.45) is 1.19. The quantitative estimate of drug-likeness (QED) is 0.836. The summed E-state index contributed by atoms with van der Waals surface area (Å²) in [6.45, 7) is 4.09. The lowest BCUT2D eigenvalue weighted by Crippen LogP contribution is -2.17. The number of carbonyl (C=O) groups excluding carboxylic acids is 1. The summed E-state index contributed by atoms with van der Waals surface area (Å²) in [5.41, 5.74) is 10.5. The van der Waals surface area contributed by atoms with E-state index in [0.717, 1.165) is 28.8 Å². The number of para-hydroxylation sites is 2. The number of benzene rings is 2. The zero-order valence-electron chi connectivity index (χ0n) is 11.9. The van der Waals surface area contributed by atoms with Gasteiger partial charge < -0.3 is 11.1 Å². The zero-order chi connectivity index (χ0) is 14.5. The first-order valence-corrected chi connectivity index (χ1v) is 6.83. The number of rotatable bonds is 4. The van der Waals surface area contributed by atoms with Crippen molar-refractivity contribution in [2.45, 2.75) is 26.7 Å². The zero-order valence-corrected chi connectivity index (χ0v) is 11.9. The first-order valence-electron chi connectivity index (χ1n) is 6.83. The Morgan fingerprint density at radius 3 is 2.50 bits per heavy atom. The van der Waals surface area contributed by atoms with E-state index in [1.807, 2.05) is 49.4 Å². The molecule has 0 bridgehead atoms. The van der Waals surface area contributed by atoms with Crippen LogP contribution < -0.4 is 11.1 Å². The van der Waals surface area contributed by atoms with Crippen molar-refractivity contribution in [3.8, 4) is 0 Å². The normalized spacial score (nSPS) is 10.3. The molecule has 0 aromatic heterocycles. The first-order chi connectivity index (χ1) is 9.61. The molecule has 3 heteroatoms. The number of nitrogens with two attached hydrogens (primary N) is 1. The second kappa shape index (κ2) is 6.24. The SMILES string of the molecule is CCc1cccc(C)c1NC(=O)Cc1ccccc1N. The Morgan fingerprint density at radius 2 is 1.80 bits per heavy atom. The number of anilines is 2. The van der Waals surface area contributed by atoms with Gasteiger partial charge in [-0.15, -0.1) is 0 Å². The predicted octanol–water partition coefficient (Wildman–Crippen LogP) is 3.32. The summed E-state index contributed by atoms with van der Waals surface area (Å²) in [4.78, 5) is 12.2. The second-order valence-corrected chi connectivity index (χ2v) is 4.89. The molecule has 0 aliphatic heterocycles. The Balaban J connectivity index is 2.15. The number of hydrogen-bond donors (Lipinski definition) is 2. The van der Waals surface area contributed by atoms with Crippen LogP contribution in [-0.2, 0) is 17.6 Å². The summed E-state index contributed by atoms with van der Waals surface area (Å²) >= 11 is 0. The number of aryl methyl sites for hydroxylation is 2. The fraction of sp³-hybridized carbons (Fsp3) is 0.235. The maximum absolute atomic E-state index is 12.2. The number of amides is 1. The minimum Gasteiger partial charge on any atom is -0.398 e. The van der Waals surface area contributed by atoms with Crippen molar-refractivity contribution in [3.63, 3.8) is 0 Å². The van der Waals surface area contributed by atoms with Crippen molar-refractivity contribution in [1.82, 2.24) is 0 Å². The third-order valence-electron chi connectivity index (χ3n) is 3.41. The lowest BCUT2D eigenvalue weighted by Gasteiger charge is -2.13. The standard InChI is InChI=1S/C17H20N2O/c1-3-13-9-6-7-12(2)17(13)19-16(20)11-14-8-4-5-10-15(14)18/h4-10H,3,11,18H2,1-2H3,(H,19,20). The van der Waals surface area contributed by atoms with E-state index in [4.69, 9.17) is 5.73 Å². The van der Waals surface area contributed by atoms with E-state index in [1.165, 1.54) is 0 Å². The van der Waals surface area contributed by atoms with Crippen molar-refractivity contribution in [2.24, 2.45) is 0 Å².